The van der Waals surface area contributed by atoms with Gasteiger partial charge in [0.1, 0.15) is 13.2 Å². The van der Waals surface area contributed by atoms with Gasteiger partial charge in [0.05, 0.1) is 7.11 Å². The number of esters is 1. The molecule has 0 aliphatic rings. The minimum absolute atomic E-state index is 0. The zero-order valence-electron chi connectivity index (χ0n) is 18.5. The van der Waals surface area contributed by atoms with Crippen LogP contribution in [0.5, 0.6) is 0 Å². The molecule has 0 fully saturated rings. The number of hydrogen-bond donors (Lipinski definition) is 0. The zero-order valence-corrected chi connectivity index (χ0v) is 20.7. The van der Waals surface area contributed by atoms with E-state index in [0.717, 1.165) is 22.3 Å². The molecule has 3 rings (SSSR count). The van der Waals surface area contributed by atoms with Crippen molar-refractivity contribution in [2.24, 2.45) is 13.0 Å². The predicted octanol–water partition coefficient (Wildman–Crippen LogP) is 1.88. The van der Waals surface area contributed by atoms with E-state index in [1.807, 2.05) is 54.2 Å². The van der Waals surface area contributed by atoms with Crippen LogP contribution in [0.3, 0.4) is 0 Å². The molecule has 0 N–H and O–H groups in total. The number of rotatable bonds is 8. The highest BCUT2D eigenvalue weighted by Gasteiger charge is 2.27. The van der Waals surface area contributed by atoms with Crippen molar-refractivity contribution in [1.29, 1.82) is 0 Å². The van der Waals surface area contributed by atoms with Gasteiger partial charge in [0, 0.05) is 11.6 Å². The van der Waals surface area contributed by atoms with Gasteiger partial charge >= 0.3 is 5.97 Å². The largest absolute Gasteiger partial charge is 1.00 e. The molecule has 1 heterocycles. The van der Waals surface area contributed by atoms with Crippen LogP contribution in [0.15, 0.2) is 79.1 Å². The van der Waals surface area contributed by atoms with E-state index in [4.69, 9.17) is 9.47 Å². The van der Waals surface area contributed by atoms with Crippen LogP contribution in [-0.4, -0.2) is 19.2 Å². The van der Waals surface area contributed by atoms with Gasteiger partial charge in [-0.1, -0.05) is 68.4 Å². The molecule has 1 aromatic heterocycles. The maximum absolute atomic E-state index is 12.4. The molecule has 0 unspecified atom stereocenters. The lowest BCUT2D eigenvalue weighted by atomic mass is 9.97. The zero-order chi connectivity index (χ0) is 21.5. The number of carbonyl (C=O) groups excluding carboxylic acids is 1. The Morgan fingerprint density at radius 3 is 2.13 bits per heavy atom. The second-order valence-corrected chi connectivity index (χ2v) is 7.95. The second-order valence-electron chi connectivity index (χ2n) is 7.95. The van der Waals surface area contributed by atoms with Crippen molar-refractivity contribution < 1.29 is 42.8 Å². The van der Waals surface area contributed by atoms with Crippen molar-refractivity contribution in [3.05, 3.63) is 90.3 Å². The third kappa shape index (κ3) is 6.87. The molecule has 0 saturated heterocycles. The Hall–Kier alpha value is -2.25. The highest BCUT2D eigenvalue weighted by molar-refractivity contribution is 5.74. The van der Waals surface area contributed by atoms with Gasteiger partial charge in [0.2, 0.25) is 0 Å². The number of ether oxygens (including phenoxy) is 2. The first-order valence-electron chi connectivity index (χ1n) is 10.3. The lowest BCUT2D eigenvalue weighted by Crippen LogP contribution is -3.00. The fourth-order valence-corrected chi connectivity index (χ4v) is 3.52. The quantitative estimate of drug-likeness (QED) is 0.253. The Labute approximate surface area is 202 Å². The maximum Gasteiger partial charge on any atom is 0.335 e. The average molecular weight is 531 g/mol. The minimum atomic E-state index is -0.618. The van der Waals surface area contributed by atoms with Gasteiger partial charge in [-0.2, -0.15) is 0 Å². The molecular weight excluding hydrogens is 501 g/mol. The van der Waals surface area contributed by atoms with E-state index < -0.39 is 6.10 Å². The van der Waals surface area contributed by atoms with Crippen LogP contribution in [0.25, 0.3) is 11.1 Å². The van der Waals surface area contributed by atoms with E-state index in [9.17, 15) is 4.79 Å². The van der Waals surface area contributed by atoms with Gasteiger partial charge in [0.15, 0.2) is 18.5 Å². The van der Waals surface area contributed by atoms with Crippen LogP contribution in [0.1, 0.15) is 37.5 Å². The van der Waals surface area contributed by atoms with Crippen molar-refractivity contribution in [2.75, 3.05) is 7.11 Å². The van der Waals surface area contributed by atoms with Gasteiger partial charge in [-0.3, -0.25) is 0 Å². The summed E-state index contributed by atoms with van der Waals surface area (Å²) < 4.78 is 13.4. The topological polar surface area (TPSA) is 39.4 Å². The SMILES string of the molecule is COC(=O)[C@H](CC(C)C)O[C@H](c1ccccc1)c1ccc(-c2ccc[n+](C)c2)cc1.[I-]. The summed E-state index contributed by atoms with van der Waals surface area (Å²) in [5.41, 5.74) is 4.29. The summed E-state index contributed by atoms with van der Waals surface area (Å²) in [5, 5.41) is 0. The molecule has 5 heteroatoms. The molecule has 0 amide bonds. The monoisotopic (exact) mass is 531 g/mol. The molecule has 0 aliphatic carbocycles. The van der Waals surface area contributed by atoms with Crippen LogP contribution in [0.4, 0.5) is 0 Å². The number of benzene rings is 2. The predicted molar refractivity (Wildman–Crippen MR) is 118 cm³/mol. The number of hydrogen-bond acceptors (Lipinski definition) is 3. The molecule has 4 nitrogen and oxygen atoms in total. The lowest BCUT2D eigenvalue weighted by Gasteiger charge is -2.25. The van der Waals surface area contributed by atoms with Crippen molar-refractivity contribution in [1.82, 2.24) is 0 Å². The normalized spacial score (nSPS) is 12.7. The lowest BCUT2D eigenvalue weighted by molar-refractivity contribution is -0.671. The molecular formula is C26H30INO3. The van der Waals surface area contributed by atoms with Crippen LogP contribution >= 0.6 is 0 Å². The molecule has 2 aromatic carbocycles. The summed E-state index contributed by atoms with van der Waals surface area (Å²) >= 11 is 0. The maximum atomic E-state index is 12.4. The Morgan fingerprint density at radius 1 is 0.903 bits per heavy atom. The molecule has 2 atom stereocenters. The highest BCUT2D eigenvalue weighted by Crippen LogP contribution is 2.31. The molecule has 0 radical (unpaired) electrons. The van der Waals surface area contributed by atoms with Crippen molar-refractivity contribution in [3.63, 3.8) is 0 Å². The smallest absolute Gasteiger partial charge is 0.335 e. The molecule has 31 heavy (non-hydrogen) atoms. The van der Waals surface area contributed by atoms with Gasteiger partial charge in [0.25, 0.3) is 0 Å². The number of aryl methyl sites for hydroxylation is 1. The van der Waals surface area contributed by atoms with Crippen LogP contribution < -0.4 is 28.5 Å². The minimum Gasteiger partial charge on any atom is -1.00 e. The van der Waals surface area contributed by atoms with E-state index in [-0.39, 0.29) is 36.0 Å². The first-order valence-corrected chi connectivity index (χ1v) is 10.3. The van der Waals surface area contributed by atoms with Gasteiger partial charge < -0.3 is 33.5 Å². The summed E-state index contributed by atoms with van der Waals surface area (Å²) in [4.78, 5) is 12.4. The first-order chi connectivity index (χ1) is 14.5. The number of carbonyl (C=O) groups is 1. The van der Waals surface area contributed by atoms with Gasteiger partial charge in [-0.15, -0.1) is 0 Å². The van der Waals surface area contributed by atoms with Crippen LogP contribution in [-0.2, 0) is 21.3 Å². The third-order valence-electron chi connectivity index (χ3n) is 5.04. The molecule has 0 spiro atoms. The molecule has 164 valence electrons. The van der Waals surface area contributed by atoms with E-state index in [1.54, 1.807) is 0 Å². The summed E-state index contributed by atoms with van der Waals surface area (Å²) in [7, 11) is 3.42. The van der Waals surface area contributed by atoms with E-state index in [1.165, 1.54) is 7.11 Å². The number of pyridine rings is 1. The average Bonchev–Trinajstić information content (AvgIpc) is 2.76. The standard InChI is InChI=1S/C26H30NO3.HI/c1-19(2)17-24(26(28)29-4)30-25(21-9-6-5-7-10-21)22-14-12-20(13-15-22)23-11-8-16-27(3)18-23;/h5-16,18-19,24-25H,17H2,1-4H3;1H/q+1;/p-1/t24-,25+;/m0./s1. The van der Waals surface area contributed by atoms with Gasteiger partial charge in [-0.05, 0) is 35.1 Å². The Kier molecular flexibility index (Phi) is 9.65. The molecule has 0 saturated carbocycles. The van der Waals surface area contributed by atoms with Crippen molar-refractivity contribution in [3.8, 4) is 11.1 Å². The number of halogens is 1. The van der Waals surface area contributed by atoms with E-state index in [2.05, 4.69) is 50.4 Å². The van der Waals surface area contributed by atoms with Crippen LogP contribution in [0.2, 0.25) is 0 Å². The van der Waals surface area contributed by atoms with E-state index in [0.29, 0.717) is 12.3 Å². The number of nitrogens with zero attached hydrogens (tertiary/aromatic N) is 1. The van der Waals surface area contributed by atoms with Gasteiger partial charge in [-0.25, -0.2) is 9.36 Å². The number of methoxy groups -OCH3 is 1. The molecule has 0 aliphatic heterocycles. The van der Waals surface area contributed by atoms with Crippen molar-refractivity contribution in [2.45, 2.75) is 32.5 Å². The third-order valence-corrected chi connectivity index (χ3v) is 5.04. The summed E-state index contributed by atoms with van der Waals surface area (Å²) in [6.07, 6.45) is 3.74. The summed E-state index contributed by atoms with van der Waals surface area (Å²) in [5.74, 6) is -0.0234. The van der Waals surface area contributed by atoms with E-state index >= 15 is 0 Å². The summed E-state index contributed by atoms with van der Waals surface area (Å²) in [6.45, 7) is 4.15. The fraction of sp³-hybridized carbons (Fsp3) is 0.308. The molecule has 0 bridgehead atoms. The Morgan fingerprint density at radius 2 is 1.55 bits per heavy atom. The first kappa shape index (κ1) is 25.0. The summed E-state index contributed by atoms with van der Waals surface area (Å²) in [6, 6.07) is 22.5. The Balaban J connectivity index is 0.00000341. The number of aromatic nitrogens is 1. The van der Waals surface area contributed by atoms with Crippen LogP contribution in [0, 0.1) is 5.92 Å². The molecule has 3 aromatic rings. The second kappa shape index (κ2) is 12.0. The highest BCUT2D eigenvalue weighted by atomic mass is 127. The fourth-order valence-electron chi connectivity index (χ4n) is 3.52. The van der Waals surface area contributed by atoms with Crippen molar-refractivity contribution >= 4 is 5.97 Å². The Bertz CT molecular complexity index is 958.